The van der Waals surface area contributed by atoms with E-state index in [-0.39, 0.29) is 5.91 Å². The molecule has 0 atom stereocenters. The van der Waals surface area contributed by atoms with Gasteiger partial charge in [-0.2, -0.15) is 0 Å². The van der Waals surface area contributed by atoms with Gasteiger partial charge >= 0.3 is 0 Å². The molecule has 0 aliphatic rings. The number of carbonyl (C=O) groups is 1. The zero-order chi connectivity index (χ0) is 15.7. The Bertz CT molecular complexity index is 446. The molecule has 0 bridgehead atoms. The van der Waals surface area contributed by atoms with Crippen LogP contribution in [0.25, 0.3) is 0 Å². The van der Waals surface area contributed by atoms with Crippen molar-refractivity contribution in [3.8, 4) is 5.75 Å². The molecule has 1 rings (SSSR count). The van der Waals surface area contributed by atoms with Crippen LogP contribution >= 0.6 is 0 Å². The summed E-state index contributed by atoms with van der Waals surface area (Å²) in [4.78, 5) is 13.9. The van der Waals surface area contributed by atoms with Crippen LogP contribution in [0.15, 0.2) is 18.2 Å². The molecule has 0 saturated heterocycles. The predicted molar refractivity (Wildman–Crippen MR) is 86.3 cm³/mol. The lowest BCUT2D eigenvalue weighted by Gasteiger charge is -2.18. The Kier molecular flexibility index (Phi) is 7.83. The van der Waals surface area contributed by atoms with Crippen LogP contribution in [0, 0.1) is 6.92 Å². The van der Waals surface area contributed by atoms with Crippen LogP contribution in [0.4, 0.5) is 0 Å². The number of ether oxygens (including phenoxy) is 1. The molecule has 0 aliphatic carbocycles. The van der Waals surface area contributed by atoms with Gasteiger partial charge in [0, 0.05) is 20.0 Å². The molecule has 4 nitrogen and oxygen atoms in total. The van der Waals surface area contributed by atoms with Gasteiger partial charge in [0.1, 0.15) is 5.75 Å². The molecular weight excluding hydrogens is 264 g/mol. The Hall–Kier alpha value is -1.55. The monoisotopic (exact) mass is 292 g/mol. The van der Waals surface area contributed by atoms with Crippen molar-refractivity contribution in [1.82, 2.24) is 4.90 Å². The zero-order valence-electron chi connectivity index (χ0n) is 13.5. The van der Waals surface area contributed by atoms with Crippen LogP contribution in [0.3, 0.4) is 0 Å². The maximum Gasteiger partial charge on any atom is 0.222 e. The summed E-state index contributed by atoms with van der Waals surface area (Å²) in [5, 5.41) is 0. The van der Waals surface area contributed by atoms with Gasteiger partial charge in [0.2, 0.25) is 5.91 Å². The van der Waals surface area contributed by atoms with Crippen molar-refractivity contribution in [1.29, 1.82) is 0 Å². The lowest BCUT2D eigenvalue weighted by Crippen LogP contribution is -2.25. The molecule has 0 aliphatic heterocycles. The molecule has 0 aromatic heterocycles. The maximum absolute atomic E-state index is 12.1. The Morgan fingerprint density at radius 3 is 2.57 bits per heavy atom. The van der Waals surface area contributed by atoms with Crippen LogP contribution in [0.5, 0.6) is 5.75 Å². The molecule has 1 aromatic rings. The zero-order valence-corrected chi connectivity index (χ0v) is 13.5. The molecule has 1 amide bonds. The highest BCUT2D eigenvalue weighted by molar-refractivity contribution is 5.75. The summed E-state index contributed by atoms with van der Waals surface area (Å²) in [5.74, 6) is 1.09. The van der Waals surface area contributed by atoms with Crippen molar-refractivity contribution in [2.24, 2.45) is 5.73 Å². The van der Waals surface area contributed by atoms with Gasteiger partial charge in [-0.25, -0.2) is 0 Å². The van der Waals surface area contributed by atoms with E-state index in [0.29, 0.717) is 13.0 Å². The van der Waals surface area contributed by atoms with Crippen molar-refractivity contribution in [3.05, 3.63) is 29.3 Å². The number of methoxy groups -OCH3 is 1. The number of nitrogens with zero attached hydrogens (tertiary/aromatic N) is 1. The molecule has 0 spiro atoms. The van der Waals surface area contributed by atoms with Crippen LogP contribution in [-0.4, -0.2) is 31.5 Å². The molecular formula is C17H28N2O2. The van der Waals surface area contributed by atoms with Crippen LogP contribution in [-0.2, 0) is 11.3 Å². The first-order chi connectivity index (χ1) is 10.1. The molecule has 0 saturated carbocycles. The second kappa shape index (κ2) is 9.40. The molecule has 0 heterocycles. The minimum atomic E-state index is 0.205. The lowest BCUT2D eigenvalue weighted by atomic mass is 10.1. The third kappa shape index (κ3) is 6.17. The number of rotatable bonds is 9. The third-order valence-electron chi connectivity index (χ3n) is 3.65. The van der Waals surface area contributed by atoms with Crippen LogP contribution in [0.1, 0.15) is 43.2 Å². The van der Waals surface area contributed by atoms with E-state index in [9.17, 15) is 4.79 Å². The molecule has 0 unspecified atom stereocenters. The SMILES string of the molecule is COc1ccc(CN(C)C(=O)CCCCCCN)cc1C. The van der Waals surface area contributed by atoms with E-state index in [4.69, 9.17) is 10.5 Å². The molecule has 21 heavy (non-hydrogen) atoms. The number of amides is 1. The number of hydrogen-bond acceptors (Lipinski definition) is 3. The van der Waals surface area contributed by atoms with Gasteiger partial charge in [0.05, 0.1) is 7.11 Å². The summed E-state index contributed by atoms with van der Waals surface area (Å²) >= 11 is 0. The van der Waals surface area contributed by atoms with Crippen molar-refractivity contribution < 1.29 is 9.53 Å². The van der Waals surface area contributed by atoms with Gasteiger partial charge < -0.3 is 15.4 Å². The van der Waals surface area contributed by atoms with Gasteiger partial charge in [-0.1, -0.05) is 25.0 Å². The van der Waals surface area contributed by atoms with E-state index < -0.39 is 0 Å². The fourth-order valence-electron chi connectivity index (χ4n) is 2.37. The summed E-state index contributed by atoms with van der Waals surface area (Å²) in [7, 11) is 3.53. The smallest absolute Gasteiger partial charge is 0.222 e. The quantitative estimate of drug-likeness (QED) is 0.712. The van der Waals surface area contributed by atoms with E-state index in [1.54, 1.807) is 12.0 Å². The van der Waals surface area contributed by atoms with E-state index >= 15 is 0 Å². The molecule has 0 fully saturated rings. The lowest BCUT2D eigenvalue weighted by molar-refractivity contribution is -0.130. The Labute approximate surface area is 128 Å². The largest absolute Gasteiger partial charge is 0.496 e. The summed E-state index contributed by atoms with van der Waals surface area (Å²) < 4.78 is 5.25. The average Bonchev–Trinajstić information content (AvgIpc) is 2.47. The van der Waals surface area contributed by atoms with E-state index in [0.717, 1.165) is 49.1 Å². The minimum absolute atomic E-state index is 0.205. The van der Waals surface area contributed by atoms with E-state index in [1.807, 2.05) is 26.1 Å². The standard InChI is InChI=1S/C17H28N2O2/c1-14-12-15(9-10-16(14)21-3)13-19(2)17(20)8-6-4-5-7-11-18/h9-10,12H,4-8,11,13,18H2,1-3H3. The second-order valence-corrected chi connectivity index (χ2v) is 5.51. The van der Waals surface area contributed by atoms with Gasteiger partial charge in [-0.15, -0.1) is 0 Å². The van der Waals surface area contributed by atoms with Crippen molar-refractivity contribution in [2.45, 2.75) is 45.6 Å². The van der Waals surface area contributed by atoms with E-state index in [1.165, 1.54) is 0 Å². The summed E-state index contributed by atoms with van der Waals surface area (Å²) in [6.07, 6.45) is 4.82. The second-order valence-electron chi connectivity index (χ2n) is 5.51. The number of hydrogen-bond donors (Lipinski definition) is 1. The summed E-state index contributed by atoms with van der Waals surface area (Å²) in [6.45, 7) is 3.40. The third-order valence-corrected chi connectivity index (χ3v) is 3.65. The number of unbranched alkanes of at least 4 members (excludes halogenated alkanes) is 3. The highest BCUT2D eigenvalue weighted by atomic mass is 16.5. The first-order valence-corrected chi connectivity index (χ1v) is 7.66. The minimum Gasteiger partial charge on any atom is -0.496 e. The number of aryl methyl sites for hydroxylation is 1. The normalized spacial score (nSPS) is 10.5. The molecule has 2 N–H and O–H groups in total. The van der Waals surface area contributed by atoms with E-state index in [2.05, 4.69) is 6.07 Å². The molecule has 0 radical (unpaired) electrons. The van der Waals surface area contributed by atoms with Crippen molar-refractivity contribution in [2.75, 3.05) is 20.7 Å². The Morgan fingerprint density at radius 2 is 1.95 bits per heavy atom. The fraction of sp³-hybridized carbons (Fsp3) is 0.588. The van der Waals surface area contributed by atoms with Crippen LogP contribution < -0.4 is 10.5 Å². The Balaban J connectivity index is 2.39. The molecule has 118 valence electrons. The highest BCUT2D eigenvalue weighted by Crippen LogP contribution is 2.19. The number of nitrogens with two attached hydrogens (primary N) is 1. The maximum atomic E-state index is 12.1. The topological polar surface area (TPSA) is 55.6 Å². The number of benzene rings is 1. The Morgan fingerprint density at radius 1 is 1.24 bits per heavy atom. The van der Waals surface area contributed by atoms with Gasteiger partial charge in [0.15, 0.2) is 0 Å². The first-order valence-electron chi connectivity index (χ1n) is 7.66. The average molecular weight is 292 g/mol. The van der Waals surface area contributed by atoms with Crippen LogP contribution in [0.2, 0.25) is 0 Å². The predicted octanol–water partition coefficient (Wildman–Crippen LogP) is 2.87. The van der Waals surface area contributed by atoms with Crippen molar-refractivity contribution >= 4 is 5.91 Å². The summed E-state index contributed by atoms with van der Waals surface area (Å²) in [5.41, 5.74) is 7.68. The first kappa shape index (κ1) is 17.5. The fourth-order valence-corrected chi connectivity index (χ4v) is 2.37. The van der Waals surface area contributed by atoms with Gasteiger partial charge in [-0.3, -0.25) is 4.79 Å². The van der Waals surface area contributed by atoms with Gasteiger partial charge in [-0.05, 0) is 43.5 Å². The summed E-state index contributed by atoms with van der Waals surface area (Å²) in [6, 6.07) is 6.04. The number of carbonyl (C=O) groups excluding carboxylic acids is 1. The highest BCUT2D eigenvalue weighted by Gasteiger charge is 2.09. The van der Waals surface area contributed by atoms with Crippen molar-refractivity contribution in [3.63, 3.8) is 0 Å². The molecule has 4 heteroatoms. The molecule has 1 aromatic carbocycles. The van der Waals surface area contributed by atoms with Gasteiger partial charge in [0.25, 0.3) is 0 Å².